The van der Waals surface area contributed by atoms with E-state index in [0.29, 0.717) is 12.1 Å². The van der Waals surface area contributed by atoms with Gasteiger partial charge in [-0.25, -0.2) is 0 Å². The second kappa shape index (κ2) is 7.75. The SMILES string of the molecule is Cc1ccc(CCn2c3c(c4c(C)c(-c5ccc(Cl)cc5)ccc42)C2CCC(C3)N2)cn1. The van der Waals surface area contributed by atoms with Crippen LogP contribution in [0.25, 0.3) is 22.0 Å². The molecule has 3 nitrogen and oxygen atoms in total. The van der Waals surface area contributed by atoms with Gasteiger partial charge in [-0.1, -0.05) is 35.9 Å². The van der Waals surface area contributed by atoms with Crippen molar-refractivity contribution in [3.63, 3.8) is 0 Å². The molecule has 1 saturated heterocycles. The van der Waals surface area contributed by atoms with Crippen molar-refractivity contribution < 1.29 is 0 Å². The lowest BCUT2D eigenvalue weighted by Gasteiger charge is -2.24. The normalized spacial score (nSPS) is 19.5. The summed E-state index contributed by atoms with van der Waals surface area (Å²) >= 11 is 6.15. The van der Waals surface area contributed by atoms with Crippen molar-refractivity contribution in [2.75, 3.05) is 0 Å². The molecule has 0 amide bonds. The van der Waals surface area contributed by atoms with Gasteiger partial charge < -0.3 is 9.88 Å². The molecule has 2 atom stereocenters. The van der Waals surface area contributed by atoms with Crippen LogP contribution in [0.2, 0.25) is 5.02 Å². The quantitative estimate of drug-likeness (QED) is 0.388. The monoisotopic (exact) mass is 441 g/mol. The standard InChI is InChI=1S/C28H28ClN3/c1-17-3-4-19(16-30-17)13-14-32-25-12-10-23(20-5-7-21(29)8-6-20)18(2)27(25)28-24-11-9-22(31-24)15-26(28)32/h3-8,10,12,16,22,24,31H,9,11,13-15H2,1-2H3. The number of halogens is 1. The molecule has 6 rings (SSSR count). The molecule has 4 heteroatoms. The fraction of sp³-hybridized carbons (Fsp3) is 0.321. The number of rotatable bonds is 4. The van der Waals surface area contributed by atoms with Crippen LogP contribution in [0.5, 0.6) is 0 Å². The fourth-order valence-corrected chi connectivity index (χ4v) is 5.94. The van der Waals surface area contributed by atoms with Crippen molar-refractivity contribution in [3.05, 3.63) is 87.8 Å². The van der Waals surface area contributed by atoms with E-state index in [0.717, 1.165) is 30.1 Å². The van der Waals surface area contributed by atoms with Crippen LogP contribution in [0.15, 0.2) is 54.7 Å². The van der Waals surface area contributed by atoms with Crippen LogP contribution in [0, 0.1) is 13.8 Å². The summed E-state index contributed by atoms with van der Waals surface area (Å²) in [5.74, 6) is 0. The van der Waals surface area contributed by atoms with Gasteiger partial charge in [0.1, 0.15) is 0 Å². The Bertz CT molecular complexity index is 1300. The van der Waals surface area contributed by atoms with Gasteiger partial charge in [-0.3, -0.25) is 4.98 Å². The third kappa shape index (κ3) is 3.27. The van der Waals surface area contributed by atoms with Crippen LogP contribution in [0.1, 0.15) is 47.0 Å². The van der Waals surface area contributed by atoms with Crippen molar-refractivity contribution >= 4 is 22.5 Å². The smallest absolute Gasteiger partial charge is 0.0489 e. The van der Waals surface area contributed by atoms with Crippen LogP contribution in [-0.2, 0) is 19.4 Å². The zero-order valence-corrected chi connectivity index (χ0v) is 19.4. The minimum absolute atomic E-state index is 0.479. The number of aryl methyl sites for hydroxylation is 4. The van der Waals surface area contributed by atoms with Gasteiger partial charge in [0.25, 0.3) is 0 Å². The van der Waals surface area contributed by atoms with Crippen molar-refractivity contribution in [3.8, 4) is 11.1 Å². The van der Waals surface area contributed by atoms with Crippen molar-refractivity contribution in [2.45, 2.75) is 58.2 Å². The number of pyridine rings is 1. The molecule has 2 bridgehead atoms. The second-order valence-corrected chi connectivity index (χ2v) is 9.84. The minimum Gasteiger partial charge on any atom is -0.344 e. The molecule has 1 N–H and O–H groups in total. The molecule has 2 unspecified atom stereocenters. The van der Waals surface area contributed by atoms with E-state index in [1.807, 2.05) is 25.3 Å². The van der Waals surface area contributed by atoms with E-state index in [1.54, 1.807) is 11.3 Å². The maximum absolute atomic E-state index is 6.15. The molecule has 4 heterocycles. The van der Waals surface area contributed by atoms with E-state index in [-0.39, 0.29) is 0 Å². The highest BCUT2D eigenvalue weighted by atomic mass is 35.5. The van der Waals surface area contributed by atoms with Gasteiger partial charge in [0.15, 0.2) is 0 Å². The summed E-state index contributed by atoms with van der Waals surface area (Å²) in [5.41, 5.74) is 10.8. The molecule has 0 saturated carbocycles. The molecule has 0 aliphatic carbocycles. The van der Waals surface area contributed by atoms with Crippen molar-refractivity contribution in [1.82, 2.24) is 14.9 Å². The van der Waals surface area contributed by atoms with Gasteiger partial charge in [0.05, 0.1) is 0 Å². The molecule has 4 aromatic rings. The lowest BCUT2D eigenvalue weighted by atomic mass is 9.92. The highest BCUT2D eigenvalue weighted by Crippen LogP contribution is 2.44. The first-order valence-electron chi connectivity index (χ1n) is 11.7. The summed E-state index contributed by atoms with van der Waals surface area (Å²) in [5, 5.41) is 6.12. The lowest BCUT2D eigenvalue weighted by molar-refractivity contribution is 0.495. The number of aromatic nitrogens is 2. The predicted octanol–water partition coefficient (Wildman–Crippen LogP) is 6.57. The van der Waals surface area contributed by atoms with Gasteiger partial charge >= 0.3 is 0 Å². The van der Waals surface area contributed by atoms with Crippen LogP contribution >= 0.6 is 11.6 Å². The van der Waals surface area contributed by atoms with Crippen LogP contribution < -0.4 is 5.32 Å². The Morgan fingerprint density at radius 1 is 1.03 bits per heavy atom. The Morgan fingerprint density at radius 2 is 1.88 bits per heavy atom. The zero-order chi connectivity index (χ0) is 21.8. The topological polar surface area (TPSA) is 29.9 Å². The Labute approximate surface area is 194 Å². The van der Waals surface area contributed by atoms with E-state index in [2.05, 4.69) is 58.2 Å². The molecule has 2 aliphatic heterocycles. The van der Waals surface area contributed by atoms with Crippen LogP contribution in [0.3, 0.4) is 0 Å². The maximum atomic E-state index is 6.15. The van der Waals surface area contributed by atoms with E-state index in [1.165, 1.54) is 46.0 Å². The Kier molecular flexibility index (Phi) is 4.85. The first-order valence-corrected chi connectivity index (χ1v) is 12.0. The first-order chi connectivity index (χ1) is 15.6. The summed E-state index contributed by atoms with van der Waals surface area (Å²) in [6.45, 7) is 5.33. The first kappa shape index (κ1) is 20.0. The molecular weight excluding hydrogens is 414 g/mol. The van der Waals surface area contributed by atoms with Crippen molar-refractivity contribution in [2.24, 2.45) is 0 Å². The number of fused-ring (bicyclic) bond motifs is 6. The van der Waals surface area contributed by atoms with Gasteiger partial charge in [-0.05, 0) is 85.2 Å². The average Bonchev–Trinajstić information content (AvgIpc) is 3.34. The minimum atomic E-state index is 0.479. The summed E-state index contributed by atoms with van der Waals surface area (Å²) in [7, 11) is 0. The third-order valence-electron chi connectivity index (χ3n) is 7.42. The predicted molar refractivity (Wildman–Crippen MR) is 132 cm³/mol. The molecule has 2 aromatic carbocycles. The van der Waals surface area contributed by atoms with Gasteiger partial charge in [0, 0.05) is 58.6 Å². The van der Waals surface area contributed by atoms with E-state index >= 15 is 0 Å². The molecule has 1 fully saturated rings. The highest BCUT2D eigenvalue weighted by Gasteiger charge is 2.37. The molecule has 0 radical (unpaired) electrons. The molecular formula is C28H28ClN3. The summed E-state index contributed by atoms with van der Waals surface area (Å²) in [4.78, 5) is 4.50. The van der Waals surface area contributed by atoms with Gasteiger partial charge in [-0.15, -0.1) is 0 Å². The van der Waals surface area contributed by atoms with Crippen LogP contribution in [0.4, 0.5) is 0 Å². The largest absolute Gasteiger partial charge is 0.344 e. The average molecular weight is 442 g/mol. The number of nitrogens with zero attached hydrogens (tertiary/aromatic N) is 2. The number of nitrogens with one attached hydrogen (secondary N) is 1. The van der Waals surface area contributed by atoms with E-state index in [4.69, 9.17) is 11.6 Å². The Morgan fingerprint density at radius 3 is 2.66 bits per heavy atom. The van der Waals surface area contributed by atoms with E-state index in [9.17, 15) is 0 Å². The molecule has 2 aromatic heterocycles. The highest BCUT2D eigenvalue weighted by molar-refractivity contribution is 6.30. The van der Waals surface area contributed by atoms with Gasteiger partial charge in [0.2, 0.25) is 0 Å². The second-order valence-electron chi connectivity index (χ2n) is 9.41. The molecule has 162 valence electrons. The Balaban J connectivity index is 1.49. The summed E-state index contributed by atoms with van der Waals surface area (Å²) in [6, 6.07) is 18.3. The number of hydrogen-bond acceptors (Lipinski definition) is 2. The fourth-order valence-electron chi connectivity index (χ4n) is 5.82. The van der Waals surface area contributed by atoms with Gasteiger partial charge in [-0.2, -0.15) is 0 Å². The number of hydrogen-bond donors (Lipinski definition) is 1. The lowest BCUT2D eigenvalue weighted by Crippen LogP contribution is -2.32. The van der Waals surface area contributed by atoms with Crippen LogP contribution in [-0.4, -0.2) is 15.6 Å². The molecule has 32 heavy (non-hydrogen) atoms. The number of benzene rings is 2. The third-order valence-corrected chi connectivity index (χ3v) is 7.67. The molecule has 0 spiro atoms. The summed E-state index contributed by atoms with van der Waals surface area (Å²) < 4.78 is 2.61. The maximum Gasteiger partial charge on any atom is 0.0489 e. The Hall–Kier alpha value is -2.62. The molecule has 2 aliphatic rings. The van der Waals surface area contributed by atoms with E-state index < -0.39 is 0 Å². The zero-order valence-electron chi connectivity index (χ0n) is 18.7. The van der Waals surface area contributed by atoms with Crippen molar-refractivity contribution in [1.29, 1.82) is 0 Å². The summed E-state index contributed by atoms with van der Waals surface area (Å²) in [6.07, 6.45) is 6.68.